The lowest BCUT2D eigenvalue weighted by Gasteiger charge is -2.09. The molecular formula is C24H29N7O. The van der Waals surface area contributed by atoms with Gasteiger partial charge in [-0.25, -0.2) is 9.78 Å². The van der Waals surface area contributed by atoms with Crippen LogP contribution in [0.25, 0.3) is 0 Å². The van der Waals surface area contributed by atoms with Crippen LogP contribution in [0.15, 0.2) is 60.9 Å². The van der Waals surface area contributed by atoms with Gasteiger partial charge < -0.3 is 16.4 Å². The number of carbonyl (C=O) groups excluding carboxylic acids is 1. The Hall–Kier alpha value is -3.78. The maximum atomic E-state index is 10.7. The van der Waals surface area contributed by atoms with E-state index in [1.807, 2.05) is 6.92 Å². The van der Waals surface area contributed by atoms with Gasteiger partial charge in [-0.2, -0.15) is 0 Å². The fraction of sp³-hybridized carbons (Fsp3) is 0.250. The second kappa shape index (κ2) is 10.5. The van der Waals surface area contributed by atoms with E-state index in [4.69, 9.17) is 16.9 Å². The van der Waals surface area contributed by atoms with Crippen LogP contribution in [-0.4, -0.2) is 46.7 Å². The summed E-state index contributed by atoms with van der Waals surface area (Å²) < 4.78 is 0. The number of amides is 2. The second-order valence-corrected chi connectivity index (χ2v) is 7.87. The highest BCUT2D eigenvalue weighted by atomic mass is 16.2. The van der Waals surface area contributed by atoms with Gasteiger partial charge in [0.2, 0.25) is 0 Å². The Labute approximate surface area is 188 Å². The van der Waals surface area contributed by atoms with E-state index in [2.05, 4.69) is 57.6 Å². The molecule has 1 saturated heterocycles. The average molecular weight is 432 g/mol. The summed E-state index contributed by atoms with van der Waals surface area (Å²) >= 11 is 0. The minimum absolute atomic E-state index is 0.242. The number of primary amides is 1. The number of benzene rings is 1. The number of carbonyl (C=O) groups is 1. The summed E-state index contributed by atoms with van der Waals surface area (Å²) in [5.41, 5.74) is 14.9. The predicted octanol–water partition coefficient (Wildman–Crippen LogP) is 3.38. The van der Waals surface area contributed by atoms with Crippen LogP contribution in [0.1, 0.15) is 34.7 Å². The number of nitrogens with two attached hydrogens (primary N) is 2. The molecule has 166 valence electrons. The summed E-state index contributed by atoms with van der Waals surface area (Å²) in [6, 6.07) is 15.1. The van der Waals surface area contributed by atoms with Crippen LogP contribution in [0.2, 0.25) is 0 Å². The summed E-state index contributed by atoms with van der Waals surface area (Å²) in [7, 11) is 2.20. The van der Waals surface area contributed by atoms with Crippen molar-refractivity contribution in [3.05, 3.63) is 83.3 Å². The minimum atomic E-state index is -0.718. The van der Waals surface area contributed by atoms with Crippen molar-refractivity contribution >= 4 is 23.2 Å². The summed E-state index contributed by atoms with van der Waals surface area (Å²) in [5, 5.41) is 10.5. The van der Waals surface area contributed by atoms with Gasteiger partial charge in [0.05, 0.1) is 5.71 Å². The van der Waals surface area contributed by atoms with Crippen LogP contribution in [0.5, 0.6) is 0 Å². The molecule has 0 radical (unpaired) electrons. The Balaban J connectivity index is 0.000000204. The number of hydrogen-bond acceptors (Lipinski definition) is 6. The van der Waals surface area contributed by atoms with Crippen molar-refractivity contribution in [2.24, 2.45) is 5.73 Å². The first-order valence-electron chi connectivity index (χ1n) is 10.4. The van der Waals surface area contributed by atoms with Gasteiger partial charge in [-0.1, -0.05) is 30.3 Å². The Kier molecular flexibility index (Phi) is 7.51. The van der Waals surface area contributed by atoms with Crippen molar-refractivity contribution in [1.82, 2.24) is 14.9 Å². The number of nitrogens with one attached hydrogen (secondary N) is 2. The van der Waals surface area contributed by atoms with Gasteiger partial charge in [0.25, 0.3) is 0 Å². The van der Waals surface area contributed by atoms with Crippen molar-refractivity contribution in [2.75, 3.05) is 31.2 Å². The molecule has 1 atom stereocenters. The Bertz CT molecular complexity index is 1080. The number of likely N-dealkylation sites (N-methyl/N-ethyl adjacent to an activating group) is 1. The Morgan fingerprint density at radius 2 is 1.94 bits per heavy atom. The lowest BCUT2D eigenvalue weighted by molar-refractivity contribution is 0.259. The number of nitrogens with zero attached hydrogens (tertiary/aromatic N) is 3. The summed E-state index contributed by atoms with van der Waals surface area (Å²) in [6.45, 7) is 4.32. The molecule has 8 nitrogen and oxygen atoms in total. The molecule has 0 saturated carbocycles. The third-order valence-electron chi connectivity index (χ3n) is 5.30. The number of pyridine rings is 2. The van der Waals surface area contributed by atoms with E-state index in [0.29, 0.717) is 16.8 Å². The SMILES string of the molecule is CN1CC[C@@H](c2ccccc2)C1.Cc1cc(C(=N)c2cnc(NC(N)=O)cc2N)ccn1. The molecule has 4 rings (SSSR count). The van der Waals surface area contributed by atoms with E-state index in [1.54, 1.807) is 18.3 Å². The number of anilines is 2. The molecular weight excluding hydrogens is 402 g/mol. The van der Waals surface area contributed by atoms with Gasteiger partial charge >= 0.3 is 6.03 Å². The van der Waals surface area contributed by atoms with E-state index in [1.165, 1.54) is 37.3 Å². The number of aryl methyl sites for hydroxylation is 1. The van der Waals surface area contributed by atoms with Crippen molar-refractivity contribution in [2.45, 2.75) is 19.3 Å². The number of hydrogen-bond donors (Lipinski definition) is 4. The van der Waals surface area contributed by atoms with Crippen molar-refractivity contribution in [3.8, 4) is 0 Å². The van der Waals surface area contributed by atoms with Crippen LogP contribution in [0, 0.1) is 12.3 Å². The molecule has 1 aliphatic heterocycles. The van der Waals surface area contributed by atoms with Gasteiger partial charge in [0.1, 0.15) is 5.82 Å². The van der Waals surface area contributed by atoms with E-state index in [-0.39, 0.29) is 11.5 Å². The third-order valence-corrected chi connectivity index (χ3v) is 5.30. The van der Waals surface area contributed by atoms with Crippen molar-refractivity contribution < 1.29 is 4.79 Å². The standard InChI is InChI=1S/C13H14N6O.C11H15N/c1-7-4-8(2-3-17-7)12(15)9-6-18-11(5-10(9)14)19-13(16)20;1-12-8-7-11(9-12)10-5-3-2-4-6-10/h2-6,15H,1H3,(H5,14,16,18,19,20);2-6,11H,7-9H2,1H3/t;11-/m.1/s1. The lowest BCUT2D eigenvalue weighted by Crippen LogP contribution is -2.20. The van der Waals surface area contributed by atoms with Crippen molar-refractivity contribution in [1.29, 1.82) is 5.41 Å². The zero-order valence-corrected chi connectivity index (χ0v) is 18.4. The number of likely N-dealkylation sites (tertiary alicyclic amines) is 1. The van der Waals surface area contributed by atoms with Crippen LogP contribution in [0.4, 0.5) is 16.3 Å². The second-order valence-electron chi connectivity index (χ2n) is 7.87. The highest BCUT2D eigenvalue weighted by Crippen LogP contribution is 2.25. The normalized spacial score (nSPS) is 15.5. The first-order chi connectivity index (χ1) is 15.3. The monoisotopic (exact) mass is 431 g/mol. The number of urea groups is 1. The van der Waals surface area contributed by atoms with Crippen LogP contribution in [0.3, 0.4) is 0 Å². The maximum absolute atomic E-state index is 10.7. The highest BCUT2D eigenvalue weighted by Gasteiger charge is 2.20. The summed E-state index contributed by atoms with van der Waals surface area (Å²) in [4.78, 5) is 21.2. The average Bonchev–Trinajstić information content (AvgIpc) is 3.20. The summed E-state index contributed by atoms with van der Waals surface area (Å²) in [6.07, 6.45) is 4.38. The van der Waals surface area contributed by atoms with Crippen LogP contribution in [-0.2, 0) is 0 Å². The van der Waals surface area contributed by atoms with Crippen LogP contribution >= 0.6 is 0 Å². The van der Waals surface area contributed by atoms with E-state index < -0.39 is 6.03 Å². The quantitative estimate of drug-likeness (QED) is 0.470. The predicted molar refractivity (Wildman–Crippen MR) is 128 cm³/mol. The lowest BCUT2D eigenvalue weighted by atomic mass is 9.99. The van der Waals surface area contributed by atoms with Gasteiger partial charge in [0, 0.05) is 47.5 Å². The molecule has 2 aromatic heterocycles. The van der Waals surface area contributed by atoms with E-state index >= 15 is 0 Å². The van der Waals surface area contributed by atoms with Crippen LogP contribution < -0.4 is 16.8 Å². The number of rotatable bonds is 4. The van der Waals surface area contributed by atoms with E-state index in [0.717, 1.165) is 11.6 Å². The maximum Gasteiger partial charge on any atom is 0.317 e. The molecule has 32 heavy (non-hydrogen) atoms. The zero-order valence-electron chi connectivity index (χ0n) is 18.4. The molecule has 0 spiro atoms. The molecule has 1 fully saturated rings. The zero-order chi connectivity index (χ0) is 23.1. The van der Waals surface area contributed by atoms with Gasteiger partial charge in [-0.05, 0) is 50.6 Å². The molecule has 2 amide bonds. The smallest absolute Gasteiger partial charge is 0.317 e. The largest absolute Gasteiger partial charge is 0.398 e. The first kappa shape index (κ1) is 22.9. The summed E-state index contributed by atoms with van der Waals surface area (Å²) in [5.74, 6) is 1.02. The number of aromatic nitrogens is 2. The third kappa shape index (κ3) is 6.12. The Morgan fingerprint density at radius 3 is 2.53 bits per heavy atom. The topological polar surface area (TPSA) is 134 Å². The molecule has 1 aliphatic rings. The first-order valence-corrected chi connectivity index (χ1v) is 10.4. The molecule has 8 heteroatoms. The molecule has 1 aromatic carbocycles. The minimum Gasteiger partial charge on any atom is -0.398 e. The van der Waals surface area contributed by atoms with Gasteiger partial charge in [-0.3, -0.25) is 15.7 Å². The van der Waals surface area contributed by atoms with Gasteiger partial charge in [0.15, 0.2) is 0 Å². The van der Waals surface area contributed by atoms with Gasteiger partial charge in [-0.15, -0.1) is 0 Å². The molecule has 3 aromatic rings. The van der Waals surface area contributed by atoms with E-state index in [9.17, 15) is 4.79 Å². The fourth-order valence-electron chi connectivity index (χ4n) is 3.66. The molecule has 0 aliphatic carbocycles. The molecule has 0 bridgehead atoms. The number of nitrogen functional groups attached to an aromatic ring is 1. The van der Waals surface area contributed by atoms with Crippen molar-refractivity contribution in [3.63, 3.8) is 0 Å². The molecule has 0 unspecified atom stereocenters. The molecule has 6 N–H and O–H groups in total. The highest BCUT2D eigenvalue weighted by molar-refractivity contribution is 6.13. The fourth-order valence-corrected chi connectivity index (χ4v) is 3.66. The molecule has 3 heterocycles. The Morgan fingerprint density at radius 1 is 1.19 bits per heavy atom.